The van der Waals surface area contributed by atoms with E-state index in [2.05, 4.69) is 47.2 Å². The molecule has 1 aromatic carbocycles. The molecule has 0 fully saturated rings. The highest BCUT2D eigenvalue weighted by Crippen LogP contribution is 2.25. The van der Waals surface area contributed by atoms with Crippen LogP contribution in [0.2, 0.25) is 0 Å². The van der Waals surface area contributed by atoms with Crippen molar-refractivity contribution in [3.05, 3.63) is 38.8 Å². The molecule has 1 N–H and O–H groups in total. The van der Waals surface area contributed by atoms with E-state index in [0.29, 0.717) is 0 Å². The van der Waals surface area contributed by atoms with Crippen molar-refractivity contribution >= 4 is 33.2 Å². The lowest BCUT2D eigenvalue weighted by atomic mass is 10.1. The zero-order valence-electron chi connectivity index (χ0n) is 9.20. The SMILES string of the molecule is C/C(=C/Cl)CNc1cc(C)c(Br)c(C)c1. The van der Waals surface area contributed by atoms with Gasteiger partial charge in [-0.05, 0) is 49.6 Å². The van der Waals surface area contributed by atoms with Crippen LogP contribution in [0.25, 0.3) is 0 Å². The molecular formula is C12H15BrClN. The van der Waals surface area contributed by atoms with E-state index >= 15 is 0 Å². The molecule has 0 unspecified atom stereocenters. The predicted octanol–water partition coefficient (Wildman–Crippen LogP) is 4.62. The number of halogens is 2. The van der Waals surface area contributed by atoms with Crippen LogP contribution in [-0.4, -0.2) is 6.54 Å². The minimum absolute atomic E-state index is 0.782. The number of hydrogen-bond donors (Lipinski definition) is 1. The largest absolute Gasteiger partial charge is 0.381 e. The van der Waals surface area contributed by atoms with Crippen molar-refractivity contribution in [3.8, 4) is 0 Å². The van der Waals surface area contributed by atoms with Crippen LogP contribution < -0.4 is 5.32 Å². The van der Waals surface area contributed by atoms with Gasteiger partial charge in [0.25, 0.3) is 0 Å². The highest BCUT2D eigenvalue weighted by atomic mass is 79.9. The van der Waals surface area contributed by atoms with Crippen molar-refractivity contribution in [2.24, 2.45) is 0 Å². The van der Waals surface area contributed by atoms with Gasteiger partial charge in [0.15, 0.2) is 0 Å². The molecule has 1 nitrogen and oxygen atoms in total. The van der Waals surface area contributed by atoms with Crippen molar-refractivity contribution in [1.29, 1.82) is 0 Å². The summed E-state index contributed by atoms with van der Waals surface area (Å²) in [5.41, 5.74) is 6.34. The molecule has 0 saturated carbocycles. The van der Waals surface area contributed by atoms with Gasteiger partial charge >= 0.3 is 0 Å². The molecule has 15 heavy (non-hydrogen) atoms. The van der Waals surface area contributed by atoms with Crippen molar-refractivity contribution in [2.45, 2.75) is 20.8 Å². The van der Waals surface area contributed by atoms with Gasteiger partial charge in [0.2, 0.25) is 0 Å². The van der Waals surface area contributed by atoms with Crippen molar-refractivity contribution in [2.75, 3.05) is 11.9 Å². The first-order valence-electron chi connectivity index (χ1n) is 4.81. The standard InChI is InChI=1S/C12H15BrClN/c1-8(6-14)7-15-11-4-9(2)12(13)10(3)5-11/h4-6,15H,7H2,1-3H3/b8-6-. The molecular weight excluding hydrogens is 273 g/mol. The summed E-state index contributed by atoms with van der Waals surface area (Å²) in [6.45, 7) is 6.96. The van der Waals surface area contributed by atoms with Gasteiger partial charge in [-0.2, -0.15) is 0 Å². The van der Waals surface area contributed by atoms with Gasteiger partial charge in [0.05, 0.1) is 0 Å². The van der Waals surface area contributed by atoms with E-state index in [1.165, 1.54) is 15.6 Å². The first-order chi connectivity index (χ1) is 7.04. The maximum Gasteiger partial charge on any atom is 0.0369 e. The van der Waals surface area contributed by atoms with Gasteiger partial charge in [-0.25, -0.2) is 0 Å². The van der Waals surface area contributed by atoms with E-state index in [9.17, 15) is 0 Å². The summed E-state index contributed by atoms with van der Waals surface area (Å²) in [4.78, 5) is 0. The van der Waals surface area contributed by atoms with Crippen LogP contribution in [0.3, 0.4) is 0 Å². The minimum Gasteiger partial charge on any atom is -0.381 e. The fraction of sp³-hybridized carbons (Fsp3) is 0.333. The summed E-state index contributed by atoms with van der Waals surface area (Å²) < 4.78 is 1.18. The Hall–Kier alpha value is -0.470. The molecule has 0 aliphatic rings. The molecule has 0 aliphatic carbocycles. The van der Waals surface area contributed by atoms with Crippen molar-refractivity contribution in [3.63, 3.8) is 0 Å². The zero-order valence-corrected chi connectivity index (χ0v) is 11.5. The lowest BCUT2D eigenvalue weighted by Gasteiger charge is -2.10. The summed E-state index contributed by atoms with van der Waals surface area (Å²) >= 11 is 9.14. The molecule has 0 atom stereocenters. The summed E-state index contributed by atoms with van der Waals surface area (Å²) in [5.74, 6) is 0. The Morgan fingerprint density at radius 2 is 1.93 bits per heavy atom. The molecule has 1 aromatic rings. The minimum atomic E-state index is 0.782. The van der Waals surface area contributed by atoms with Gasteiger partial charge in [-0.1, -0.05) is 27.5 Å². The highest BCUT2D eigenvalue weighted by molar-refractivity contribution is 9.10. The maximum absolute atomic E-state index is 5.60. The lowest BCUT2D eigenvalue weighted by molar-refractivity contribution is 1.20. The van der Waals surface area contributed by atoms with Crippen LogP contribution in [0.5, 0.6) is 0 Å². The van der Waals surface area contributed by atoms with Crippen LogP contribution in [-0.2, 0) is 0 Å². The van der Waals surface area contributed by atoms with Gasteiger partial charge in [0.1, 0.15) is 0 Å². The fourth-order valence-electron chi connectivity index (χ4n) is 1.33. The summed E-state index contributed by atoms with van der Waals surface area (Å²) in [5, 5.41) is 3.33. The third-order valence-corrected chi connectivity index (χ3v) is 3.82. The molecule has 82 valence electrons. The molecule has 3 heteroatoms. The van der Waals surface area contributed by atoms with E-state index in [-0.39, 0.29) is 0 Å². The quantitative estimate of drug-likeness (QED) is 0.856. The van der Waals surface area contributed by atoms with E-state index in [0.717, 1.165) is 17.8 Å². The molecule has 0 bridgehead atoms. The second kappa shape index (κ2) is 5.57. The number of aryl methyl sites for hydroxylation is 2. The molecule has 0 aliphatic heterocycles. The van der Waals surface area contributed by atoms with Gasteiger partial charge in [0, 0.05) is 22.2 Å². The summed E-state index contributed by atoms with van der Waals surface area (Å²) in [7, 11) is 0. The number of nitrogens with one attached hydrogen (secondary N) is 1. The molecule has 0 radical (unpaired) electrons. The third kappa shape index (κ3) is 3.54. The molecule has 0 heterocycles. The number of anilines is 1. The Kier molecular flexibility index (Phi) is 4.68. The van der Waals surface area contributed by atoms with Crippen LogP contribution in [0.1, 0.15) is 18.1 Å². The Bertz CT molecular complexity index is 362. The van der Waals surface area contributed by atoms with Crippen LogP contribution >= 0.6 is 27.5 Å². The molecule has 0 spiro atoms. The summed E-state index contributed by atoms with van der Waals surface area (Å²) in [6.07, 6.45) is 0. The summed E-state index contributed by atoms with van der Waals surface area (Å²) in [6, 6.07) is 4.25. The number of hydrogen-bond acceptors (Lipinski definition) is 1. The maximum atomic E-state index is 5.60. The molecule has 1 rings (SSSR count). The molecule has 0 saturated heterocycles. The smallest absolute Gasteiger partial charge is 0.0369 e. The number of benzene rings is 1. The van der Waals surface area contributed by atoms with E-state index in [4.69, 9.17) is 11.6 Å². The van der Waals surface area contributed by atoms with Gasteiger partial charge in [-0.3, -0.25) is 0 Å². The Balaban J connectivity index is 2.79. The second-order valence-electron chi connectivity index (χ2n) is 3.73. The lowest BCUT2D eigenvalue weighted by Crippen LogP contribution is -2.03. The van der Waals surface area contributed by atoms with Crippen molar-refractivity contribution < 1.29 is 0 Å². The number of rotatable bonds is 3. The van der Waals surface area contributed by atoms with Crippen LogP contribution in [0, 0.1) is 13.8 Å². The Morgan fingerprint density at radius 3 is 2.40 bits per heavy atom. The van der Waals surface area contributed by atoms with E-state index < -0.39 is 0 Å². The van der Waals surface area contributed by atoms with Crippen molar-refractivity contribution in [1.82, 2.24) is 0 Å². The first-order valence-corrected chi connectivity index (χ1v) is 6.04. The van der Waals surface area contributed by atoms with E-state index in [1.54, 1.807) is 5.54 Å². The molecule has 0 aromatic heterocycles. The normalized spacial score (nSPS) is 11.7. The third-order valence-electron chi connectivity index (χ3n) is 2.19. The Labute approximate surface area is 105 Å². The van der Waals surface area contributed by atoms with Gasteiger partial charge in [-0.15, -0.1) is 0 Å². The van der Waals surface area contributed by atoms with Crippen LogP contribution in [0.4, 0.5) is 5.69 Å². The first kappa shape index (κ1) is 12.6. The predicted molar refractivity (Wildman–Crippen MR) is 71.7 cm³/mol. The average molecular weight is 289 g/mol. The highest BCUT2D eigenvalue weighted by Gasteiger charge is 2.01. The monoisotopic (exact) mass is 287 g/mol. The molecule has 0 amide bonds. The second-order valence-corrected chi connectivity index (χ2v) is 4.74. The fourth-order valence-corrected chi connectivity index (χ4v) is 1.63. The van der Waals surface area contributed by atoms with Gasteiger partial charge < -0.3 is 5.32 Å². The zero-order chi connectivity index (χ0) is 11.4. The van der Waals surface area contributed by atoms with E-state index in [1.807, 2.05) is 6.92 Å². The average Bonchev–Trinajstić information content (AvgIpc) is 2.22. The Morgan fingerprint density at radius 1 is 1.40 bits per heavy atom. The van der Waals surface area contributed by atoms with Crippen LogP contribution in [0.15, 0.2) is 27.7 Å². The topological polar surface area (TPSA) is 12.0 Å².